The molecule has 0 aliphatic carbocycles. The van der Waals surface area contributed by atoms with Gasteiger partial charge in [0.05, 0.1) is 18.7 Å². The Morgan fingerprint density at radius 3 is 2.76 bits per heavy atom. The van der Waals surface area contributed by atoms with Gasteiger partial charge in [-0.25, -0.2) is 4.79 Å². The predicted molar refractivity (Wildman–Crippen MR) is 105 cm³/mol. The number of hydrogen-bond acceptors (Lipinski definition) is 5. The first-order valence-corrected chi connectivity index (χ1v) is 9.12. The van der Waals surface area contributed by atoms with Gasteiger partial charge in [-0.3, -0.25) is 9.59 Å². The Bertz CT molecular complexity index is 914. The Labute approximate surface area is 168 Å². The highest BCUT2D eigenvalue weighted by molar-refractivity contribution is 6.01. The quantitative estimate of drug-likeness (QED) is 0.703. The molecule has 1 fully saturated rings. The van der Waals surface area contributed by atoms with Crippen LogP contribution in [0.15, 0.2) is 48.5 Å². The molecule has 0 saturated carbocycles. The number of nitrogens with one attached hydrogen (secondary N) is 1. The van der Waals surface area contributed by atoms with Gasteiger partial charge in [-0.05, 0) is 29.8 Å². The normalized spacial score (nSPS) is 15.8. The first kappa shape index (κ1) is 20.2. The van der Waals surface area contributed by atoms with Crippen LogP contribution in [0.25, 0.3) is 0 Å². The highest BCUT2D eigenvalue weighted by Crippen LogP contribution is 2.32. The minimum atomic E-state index is -1.06. The van der Waals surface area contributed by atoms with Gasteiger partial charge in [-0.1, -0.05) is 24.3 Å². The summed E-state index contributed by atoms with van der Waals surface area (Å²) in [5.41, 5.74) is 1.42. The molecule has 2 aromatic carbocycles. The number of carbonyl (C=O) groups is 3. The van der Waals surface area contributed by atoms with E-state index in [9.17, 15) is 14.4 Å². The third-order valence-corrected chi connectivity index (χ3v) is 4.60. The average Bonchev–Trinajstić information content (AvgIpc) is 3.12. The van der Waals surface area contributed by atoms with Crippen LogP contribution in [-0.4, -0.2) is 43.2 Å². The van der Waals surface area contributed by atoms with Crippen molar-refractivity contribution in [3.63, 3.8) is 0 Å². The maximum absolute atomic E-state index is 12.6. The van der Waals surface area contributed by atoms with Crippen LogP contribution in [0.1, 0.15) is 12.0 Å². The van der Waals surface area contributed by atoms with E-state index in [0.29, 0.717) is 17.2 Å². The number of amides is 2. The number of carboxylic acid groups (broad SMARTS) is 1. The number of hydrogen-bond donors (Lipinski definition) is 2. The molecular formula is C21H22N2O6. The lowest BCUT2D eigenvalue weighted by atomic mass is 10.1. The second kappa shape index (κ2) is 9.09. The van der Waals surface area contributed by atoms with Crippen LogP contribution >= 0.6 is 0 Å². The lowest BCUT2D eigenvalue weighted by Crippen LogP contribution is -2.32. The molecule has 1 heterocycles. The molecule has 0 radical (unpaired) electrons. The lowest BCUT2D eigenvalue weighted by Gasteiger charge is -2.19. The molecule has 2 N–H and O–H groups in total. The van der Waals surface area contributed by atoms with Gasteiger partial charge in [-0.2, -0.15) is 0 Å². The molecular weight excluding hydrogens is 376 g/mol. The standard InChI is InChI=1S/C21H22N2O6/c1-28-18-8-3-2-7-17(18)23-12-15(10-19(23)24)21(27)22-11-14-5-4-6-16(9-14)29-13-20(25)26/h2-9,15H,10-13H2,1H3,(H,22,27)(H,25,26). The zero-order valence-electron chi connectivity index (χ0n) is 16.0. The van der Waals surface area contributed by atoms with Gasteiger partial charge in [-0.15, -0.1) is 0 Å². The van der Waals surface area contributed by atoms with Crippen LogP contribution in [0.3, 0.4) is 0 Å². The van der Waals surface area contributed by atoms with E-state index in [-0.39, 0.29) is 31.3 Å². The first-order chi connectivity index (χ1) is 14.0. The summed E-state index contributed by atoms with van der Waals surface area (Å²) < 4.78 is 10.4. The van der Waals surface area contributed by atoms with Gasteiger partial charge in [0.15, 0.2) is 6.61 Å². The zero-order chi connectivity index (χ0) is 20.8. The molecule has 0 bridgehead atoms. The van der Waals surface area contributed by atoms with E-state index >= 15 is 0 Å². The van der Waals surface area contributed by atoms with Crippen LogP contribution in [0.2, 0.25) is 0 Å². The van der Waals surface area contributed by atoms with Crippen molar-refractivity contribution in [2.75, 3.05) is 25.2 Å². The predicted octanol–water partition coefficient (Wildman–Crippen LogP) is 1.83. The maximum Gasteiger partial charge on any atom is 0.341 e. The number of anilines is 1. The second-order valence-corrected chi connectivity index (χ2v) is 6.62. The number of benzene rings is 2. The van der Waals surface area contributed by atoms with Crippen molar-refractivity contribution >= 4 is 23.5 Å². The highest BCUT2D eigenvalue weighted by Gasteiger charge is 2.36. The molecule has 29 heavy (non-hydrogen) atoms. The van der Waals surface area contributed by atoms with Crippen molar-refractivity contribution in [2.45, 2.75) is 13.0 Å². The minimum Gasteiger partial charge on any atom is -0.495 e. The molecule has 1 atom stereocenters. The van der Waals surface area contributed by atoms with Crippen molar-refractivity contribution in [3.05, 3.63) is 54.1 Å². The molecule has 0 spiro atoms. The molecule has 0 aromatic heterocycles. The molecule has 1 aliphatic heterocycles. The Hall–Kier alpha value is -3.55. The van der Waals surface area contributed by atoms with Crippen LogP contribution < -0.4 is 19.7 Å². The molecule has 1 aliphatic rings. The fraction of sp³-hybridized carbons (Fsp3) is 0.286. The second-order valence-electron chi connectivity index (χ2n) is 6.62. The van der Waals surface area contributed by atoms with Gasteiger partial charge < -0.3 is 24.8 Å². The van der Waals surface area contributed by atoms with Crippen LogP contribution in [0, 0.1) is 5.92 Å². The number of carboxylic acids is 1. The highest BCUT2D eigenvalue weighted by atomic mass is 16.5. The fourth-order valence-electron chi connectivity index (χ4n) is 3.19. The smallest absolute Gasteiger partial charge is 0.341 e. The van der Waals surface area contributed by atoms with Crippen LogP contribution in [0.5, 0.6) is 11.5 Å². The summed E-state index contributed by atoms with van der Waals surface area (Å²) in [6, 6.07) is 14.0. The number of aliphatic carboxylic acids is 1. The summed E-state index contributed by atoms with van der Waals surface area (Å²) in [6.07, 6.45) is 0.131. The zero-order valence-corrected chi connectivity index (χ0v) is 16.0. The van der Waals surface area contributed by atoms with E-state index < -0.39 is 18.5 Å². The summed E-state index contributed by atoms with van der Waals surface area (Å²) in [4.78, 5) is 37.2. The molecule has 3 rings (SSSR count). The average molecular weight is 398 g/mol. The monoisotopic (exact) mass is 398 g/mol. The molecule has 1 unspecified atom stereocenters. The molecule has 152 valence electrons. The third kappa shape index (κ3) is 5.04. The van der Waals surface area contributed by atoms with Crippen molar-refractivity contribution in [2.24, 2.45) is 5.92 Å². The number of para-hydroxylation sites is 2. The van der Waals surface area contributed by atoms with E-state index in [4.69, 9.17) is 14.6 Å². The van der Waals surface area contributed by atoms with E-state index in [2.05, 4.69) is 5.32 Å². The Morgan fingerprint density at radius 1 is 1.21 bits per heavy atom. The first-order valence-electron chi connectivity index (χ1n) is 9.12. The summed E-state index contributed by atoms with van der Waals surface area (Å²) in [5, 5.41) is 11.5. The van der Waals surface area contributed by atoms with E-state index in [1.165, 1.54) is 7.11 Å². The summed E-state index contributed by atoms with van der Waals surface area (Å²) >= 11 is 0. The Kier molecular flexibility index (Phi) is 6.33. The third-order valence-electron chi connectivity index (χ3n) is 4.60. The Balaban J connectivity index is 1.59. The van der Waals surface area contributed by atoms with Crippen molar-refractivity contribution in [1.29, 1.82) is 0 Å². The van der Waals surface area contributed by atoms with Crippen molar-refractivity contribution < 1.29 is 29.0 Å². The summed E-state index contributed by atoms with van der Waals surface area (Å²) in [6.45, 7) is 0.105. The SMILES string of the molecule is COc1ccccc1N1CC(C(=O)NCc2cccc(OCC(=O)O)c2)CC1=O. The van der Waals surface area contributed by atoms with E-state index in [0.717, 1.165) is 5.56 Å². The largest absolute Gasteiger partial charge is 0.495 e. The molecule has 2 aromatic rings. The molecule has 8 heteroatoms. The van der Waals surface area contributed by atoms with Crippen molar-refractivity contribution in [1.82, 2.24) is 5.32 Å². The number of ether oxygens (including phenoxy) is 2. The van der Waals surface area contributed by atoms with Crippen LogP contribution in [-0.2, 0) is 20.9 Å². The maximum atomic E-state index is 12.6. The summed E-state index contributed by atoms with van der Waals surface area (Å²) in [5.74, 6) is -0.864. The van der Waals surface area contributed by atoms with Gasteiger partial charge >= 0.3 is 5.97 Å². The van der Waals surface area contributed by atoms with Gasteiger partial charge in [0.25, 0.3) is 0 Å². The number of carbonyl (C=O) groups excluding carboxylic acids is 2. The molecule has 2 amide bonds. The Morgan fingerprint density at radius 2 is 2.00 bits per heavy atom. The number of rotatable bonds is 8. The molecule has 8 nitrogen and oxygen atoms in total. The van der Waals surface area contributed by atoms with Crippen molar-refractivity contribution in [3.8, 4) is 11.5 Å². The van der Waals surface area contributed by atoms with E-state index in [1.54, 1.807) is 41.3 Å². The van der Waals surface area contributed by atoms with Gasteiger partial charge in [0.1, 0.15) is 11.5 Å². The fourth-order valence-corrected chi connectivity index (χ4v) is 3.19. The summed E-state index contributed by atoms with van der Waals surface area (Å²) in [7, 11) is 1.54. The topological polar surface area (TPSA) is 105 Å². The minimum absolute atomic E-state index is 0.126. The van der Waals surface area contributed by atoms with Gasteiger partial charge in [0.2, 0.25) is 11.8 Å². The number of nitrogens with zero attached hydrogens (tertiary/aromatic N) is 1. The van der Waals surface area contributed by atoms with Crippen LogP contribution in [0.4, 0.5) is 5.69 Å². The lowest BCUT2D eigenvalue weighted by molar-refractivity contribution is -0.139. The van der Waals surface area contributed by atoms with E-state index in [1.807, 2.05) is 12.1 Å². The van der Waals surface area contributed by atoms with Gasteiger partial charge in [0, 0.05) is 19.5 Å². The molecule has 1 saturated heterocycles. The number of methoxy groups -OCH3 is 1.